The van der Waals surface area contributed by atoms with Crippen LogP contribution < -0.4 is 4.90 Å². The maximum atomic E-state index is 9.60. The number of nitrogens with zero attached hydrogens (tertiary/aromatic N) is 1. The summed E-state index contributed by atoms with van der Waals surface area (Å²) in [5, 5.41) is 1.74. The average Bonchev–Trinajstić information content (AvgIpc) is 3.66. The van der Waals surface area contributed by atoms with Crippen molar-refractivity contribution in [3.63, 3.8) is 0 Å². The molecule has 0 saturated heterocycles. The van der Waals surface area contributed by atoms with Crippen LogP contribution in [0.4, 0.5) is 17.1 Å². The van der Waals surface area contributed by atoms with E-state index in [0.29, 0.717) is 27.5 Å². The minimum Gasteiger partial charge on any atom is -0.455 e. The zero-order chi connectivity index (χ0) is 43.5. The number of furan rings is 1. The highest BCUT2D eigenvalue weighted by Gasteiger charge is 2.20. The zero-order valence-electron chi connectivity index (χ0n) is 38.9. The summed E-state index contributed by atoms with van der Waals surface area (Å²) < 4.78 is 142. The number of hydrogen-bond donors (Lipinski definition) is 0. The Balaban J connectivity index is 1.43. The van der Waals surface area contributed by atoms with Gasteiger partial charge >= 0.3 is 0 Å². The lowest BCUT2D eigenvalue weighted by Crippen LogP contribution is -2.10. The van der Waals surface area contributed by atoms with Gasteiger partial charge in [-0.25, -0.2) is 0 Å². The Morgan fingerprint density at radius 2 is 1.17 bits per heavy atom. The van der Waals surface area contributed by atoms with Crippen LogP contribution in [-0.2, 0) is 0 Å². The van der Waals surface area contributed by atoms with E-state index >= 15 is 0 Å². The summed E-state index contributed by atoms with van der Waals surface area (Å²) in [5.74, 6) is 0. The molecular weight excluding hydrogens is 558 g/mol. The van der Waals surface area contributed by atoms with Gasteiger partial charge in [-0.15, -0.1) is 0 Å². The van der Waals surface area contributed by atoms with Crippen molar-refractivity contribution in [1.82, 2.24) is 0 Å². The second-order valence-electron chi connectivity index (χ2n) is 10.6. The van der Waals surface area contributed by atoms with Crippen LogP contribution in [0, 0.1) is 0 Å². The van der Waals surface area contributed by atoms with Gasteiger partial charge in [-0.1, -0.05) is 133 Å². The predicted molar refractivity (Wildman–Crippen MR) is 194 cm³/mol. The quantitative estimate of drug-likeness (QED) is 0.195. The summed E-state index contributed by atoms with van der Waals surface area (Å²) >= 11 is 0. The Hall–Kier alpha value is -6.12. The first-order chi connectivity index (χ1) is 29.1. The van der Waals surface area contributed by atoms with Crippen molar-refractivity contribution in [3.8, 4) is 22.3 Å². The summed E-state index contributed by atoms with van der Waals surface area (Å²) in [7, 11) is 0. The highest BCUT2D eigenvalue weighted by Crippen LogP contribution is 2.45. The molecule has 0 atom stereocenters. The van der Waals surface area contributed by atoms with Crippen molar-refractivity contribution in [2.75, 3.05) is 4.90 Å². The molecule has 0 aliphatic carbocycles. The van der Waals surface area contributed by atoms with Gasteiger partial charge < -0.3 is 9.32 Å². The molecule has 0 N–H and O–H groups in total. The maximum absolute atomic E-state index is 9.60. The Kier molecular flexibility index (Phi) is 3.58. The molecule has 0 spiro atoms. The van der Waals surface area contributed by atoms with Crippen LogP contribution in [0.3, 0.4) is 0 Å². The molecule has 0 bridgehead atoms. The molecule has 46 heavy (non-hydrogen) atoms. The van der Waals surface area contributed by atoms with Crippen LogP contribution in [0.2, 0.25) is 0 Å². The fourth-order valence-corrected chi connectivity index (χ4v) is 5.78. The number of anilines is 3. The molecule has 2 heteroatoms. The molecule has 0 saturated carbocycles. The summed E-state index contributed by atoms with van der Waals surface area (Å²) in [6.45, 7) is 0. The van der Waals surface area contributed by atoms with Gasteiger partial charge in [0.15, 0.2) is 0 Å². The standard InChI is InChI=1S/C44H29NO/c1-2-10-30(11-3-1)31-20-25-35(26-21-31)45(36-27-22-34(23-28-36)38-17-8-14-32-12-4-6-15-37(32)38)41-18-9-19-42-43(41)40-29-24-33-13-5-7-16-39(33)44(40)46-42/h1-29H/i4D,6D,8D,12D,14D,15D,17D,20D,21D,22D,23D,25D,26D,27D,28D. The van der Waals surface area contributed by atoms with Crippen LogP contribution in [0.5, 0.6) is 0 Å². The first kappa shape index (κ1) is 15.2. The van der Waals surface area contributed by atoms with Crippen molar-refractivity contribution in [2.24, 2.45) is 0 Å². The van der Waals surface area contributed by atoms with E-state index in [4.69, 9.17) is 14.0 Å². The highest BCUT2D eigenvalue weighted by molar-refractivity contribution is 6.19. The van der Waals surface area contributed by atoms with Crippen molar-refractivity contribution in [3.05, 3.63) is 176 Å². The molecule has 0 aliphatic heterocycles. The van der Waals surface area contributed by atoms with Crippen molar-refractivity contribution in [1.29, 1.82) is 0 Å². The third-order valence-electron chi connectivity index (χ3n) is 7.90. The van der Waals surface area contributed by atoms with E-state index in [1.807, 2.05) is 36.4 Å². The van der Waals surface area contributed by atoms with Gasteiger partial charge in [-0.3, -0.25) is 0 Å². The molecule has 0 aliphatic rings. The van der Waals surface area contributed by atoms with Crippen LogP contribution >= 0.6 is 0 Å². The zero-order valence-corrected chi connectivity index (χ0v) is 23.9. The Bertz CT molecular complexity index is 3320. The maximum Gasteiger partial charge on any atom is 0.143 e. The SMILES string of the molecule is [2H]c1c([2H])c(N(c2c([2H])c([2H])c(-c3c([2H])c([2H])c([2H])c4c([2H])c([2H])c([2H])c([2H])c34)c([2H])c2[2H])c2cccc3oc4c5ccccc5ccc4c23)c([2H])c([2H])c1-c1ccccc1. The fourth-order valence-electron chi connectivity index (χ4n) is 5.78. The van der Waals surface area contributed by atoms with Crippen LogP contribution in [0.15, 0.2) is 180 Å². The van der Waals surface area contributed by atoms with Crippen LogP contribution in [0.1, 0.15) is 20.6 Å². The molecule has 0 radical (unpaired) electrons. The molecule has 216 valence electrons. The summed E-state index contributed by atoms with van der Waals surface area (Å²) in [6, 6.07) is 14.4. The normalized spacial score (nSPS) is 16.0. The second kappa shape index (κ2) is 10.8. The van der Waals surface area contributed by atoms with Crippen LogP contribution in [-0.4, -0.2) is 0 Å². The van der Waals surface area contributed by atoms with E-state index < -0.39 is 124 Å². The number of rotatable bonds is 5. The van der Waals surface area contributed by atoms with Crippen molar-refractivity contribution in [2.45, 2.75) is 0 Å². The molecule has 0 amide bonds. The highest BCUT2D eigenvalue weighted by atomic mass is 16.3. The molecule has 8 aromatic carbocycles. The summed E-state index contributed by atoms with van der Waals surface area (Å²) in [6.07, 6.45) is 0. The van der Waals surface area contributed by atoms with Gasteiger partial charge in [0, 0.05) is 22.1 Å². The van der Waals surface area contributed by atoms with E-state index in [1.54, 1.807) is 48.5 Å². The lowest BCUT2D eigenvalue weighted by atomic mass is 9.98. The van der Waals surface area contributed by atoms with Gasteiger partial charge in [0.25, 0.3) is 0 Å². The number of hydrogen-bond acceptors (Lipinski definition) is 2. The van der Waals surface area contributed by atoms with E-state index in [-0.39, 0.29) is 11.3 Å². The predicted octanol–water partition coefficient (Wildman–Crippen LogP) is 12.7. The van der Waals surface area contributed by atoms with Crippen molar-refractivity contribution < 1.29 is 25.0 Å². The van der Waals surface area contributed by atoms with E-state index in [1.165, 1.54) is 0 Å². The molecule has 1 heterocycles. The molecule has 2 nitrogen and oxygen atoms in total. The molecule has 9 aromatic rings. The first-order valence-corrected chi connectivity index (χ1v) is 14.5. The molecule has 0 fully saturated rings. The van der Waals surface area contributed by atoms with E-state index in [9.17, 15) is 11.0 Å². The lowest BCUT2D eigenvalue weighted by Gasteiger charge is -2.26. The minimum atomic E-state index is -0.799. The lowest BCUT2D eigenvalue weighted by molar-refractivity contribution is 0.672. The molecule has 0 unspecified atom stereocenters. The minimum absolute atomic E-state index is 0.00362. The average molecular weight is 603 g/mol. The molecular formula is C44H29NO. The first-order valence-electron chi connectivity index (χ1n) is 22.0. The van der Waals surface area contributed by atoms with Gasteiger partial charge in [0.1, 0.15) is 11.2 Å². The number of fused-ring (bicyclic) bond motifs is 6. The second-order valence-corrected chi connectivity index (χ2v) is 10.6. The molecule has 9 rings (SSSR count). The monoisotopic (exact) mass is 602 g/mol. The van der Waals surface area contributed by atoms with Crippen molar-refractivity contribution >= 4 is 60.5 Å². The number of benzene rings is 8. The third-order valence-corrected chi connectivity index (χ3v) is 7.90. The smallest absolute Gasteiger partial charge is 0.143 e. The van der Waals surface area contributed by atoms with Gasteiger partial charge in [-0.2, -0.15) is 0 Å². The Labute approximate surface area is 288 Å². The Morgan fingerprint density at radius 1 is 0.457 bits per heavy atom. The Morgan fingerprint density at radius 3 is 2.00 bits per heavy atom. The molecule has 1 aromatic heterocycles. The summed E-state index contributed by atoms with van der Waals surface area (Å²) in [4.78, 5) is 1.15. The van der Waals surface area contributed by atoms with Gasteiger partial charge in [-0.05, 0) is 80.8 Å². The summed E-state index contributed by atoms with van der Waals surface area (Å²) in [5.41, 5.74) is -0.655. The third kappa shape index (κ3) is 4.35. The van der Waals surface area contributed by atoms with E-state index in [0.717, 1.165) is 15.7 Å². The topological polar surface area (TPSA) is 16.4 Å². The largest absolute Gasteiger partial charge is 0.455 e. The van der Waals surface area contributed by atoms with E-state index in [2.05, 4.69) is 0 Å². The van der Waals surface area contributed by atoms with Gasteiger partial charge in [0.05, 0.1) is 31.6 Å². The van der Waals surface area contributed by atoms with Gasteiger partial charge in [0.2, 0.25) is 0 Å². The fraction of sp³-hybridized carbons (Fsp3) is 0. The van der Waals surface area contributed by atoms with Crippen LogP contribution in [0.25, 0.3) is 65.7 Å².